The quantitative estimate of drug-likeness (QED) is 0.659. The van der Waals surface area contributed by atoms with E-state index in [1.807, 2.05) is 18.2 Å². The molecule has 3 heteroatoms. The van der Waals surface area contributed by atoms with Crippen LogP contribution < -0.4 is 4.74 Å². The number of hydrogen-bond donors (Lipinski definition) is 0. The van der Waals surface area contributed by atoms with E-state index < -0.39 is 0 Å². The van der Waals surface area contributed by atoms with Gasteiger partial charge in [0.1, 0.15) is 11.5 Å². The van der Waals surface area contributed by atoms with Crippen LogP contribution in [0.15, 0.2) is 22.7 Å². The van der Waals surface area contributed by atoms with E-state index >= 15 is 0 Å². The zero-order valence-corrected chi connectivity index (χ0v) is 12.8. The summed E-state index contributed by atoms with van der Waals surface area (Å²) in [7, 11) is 1.64. The molecule has 2 nitrogen and oxygen atoms in total. The summed E-state index contributed by atoms with van der Waals surface area (Å²) in [6.07, 6.45) is 5.71. The number of hydrogen-bond acceptors (Lipinski definition) is 2. The van der Waals surface area contributed by atoms with Crippen molar-refractivity contribution in [3.05, 3.63) is 28.2 Å². The van der Waals surface area contributed by atoms with Crippen LogP contribution in [0.1, 0.15) is 44.6 Å². The Balaban J connectivity index is 2.50. The number of Topliss-reactive ketones (excluding diaryl/α,β-unsaturated/α-hetero) is 1. The Morgan fingerprint density at radius 3 is 2.72 bits per heavy atom. The average molecular weight is 313 g/mol. The van der Waals surface area contributed by atoms with Gasteiger partial charge in [-0.05, 0) is 24.6 Å². The monoisotopic (exact) mass is 312 g/mol. The second-order valence-corrected chi connectivity index (χ2v) is 5.40. The third-order valence-corrected chi connectivity index (χ3v) is 3.43. The number of unbranched alkanes of at least 4 members (excludes halogenated alkanes) is 3. The molecule has 18 heavy (non-hydrogen) atoms. The highest BCUT2D eigenvalue weighted by Crippen LogP contribution is 2.24. The molecule has 0 saturated carbocycles. The van der Waals surface area contributed by atoms with E-state index in [2.05, 4.69) is 22.9 Å². The minimum atomic E-state index is 0.294. The number of halogens is 1. The van der Waals surface area contributed by atoms with Crippen LogP contribution in [0, 0.1) is 0 Å². The van der Waals surface area contributed by atoms with E-state index in [-0.39, 0.29) is 0 Å². The van der Waals surface area contributed by atoms with Crippen LogP contribution in [0.4, 0.5) is 0 Å². The van der Waals surface area contributed by atoms with Gasteiger partial charge < -0.3 is 4.74 Å². The van der Waals surface area contributed by atoms with E-state index in [4.69, 9.17) is 4.74 Å². The fraction of sp³-hybridized carbons (Fsp3) is 0.533. The van der Waals surface area contributed by atoms with Crippen molar-refractivity contribution in [2.45, 2.75) is 45.4 Å². The van der Waals surface area contributed by atoms with Gasteiger partial charge in [-0.2, -0.15) is 0 Å². The molecule has 0 aliphatic heterocycles. The smallest absolute Gasteiger partial charge is 0.137 e. The summed E-state index contributed by atoms with van der Waals surface area (Å²) >= 11 is 3.42. The summed E-state index contributed by atoms with van der Waals surface area (Å²) in [5, 5.41) is 0. The summed E-state index contributed by atoms with van der Waals surface area (Å²) in [5.41, 5.74) is 0.965. The highest BCUT2D eigenvalue weighted by Gasteiger charge is 2.09. The number of methoxy groups -OCH3 is 1. The third-order valence-electron chi connectivity index (χ3n) is 2.94. The lowest BCUT2D eigenvalue weighted by molar-refractivity contribution is -0.118. The van der Waals surface area contributed by atoms with Gasteiger partial charge in [-0.1, -0.05) is 42.1 Å². The lowest BCUT2D eigenvalue weighted by Gasteiger charge is -2.08. The predicted octanol–water partition coefficient (Wildman–Crippen LogP) is 4.54. The van der Waals surface area contributed by atoms with E-state index in [1.54, 1.807) is 7.11 Å². The van der Waals surface area contributed by atoms with Crippen molar-refractivity contribution in [3.63, 3.8) is 0 Å². The van der Waals surface area contributed by atoms with Gasteiger partial charge in [0.2, 0.25) is 0 Å². The van der Waals surface area contributed by atoms with Crippen LogP contribution in [-0.4, -0.2) is 12.9 Å². The van der Waals surface area contributed by atoms with Gasteiger partial charge in [0.25, 0.3) is 0 Å². The molecule has 0 amide bonds. The van der Waals surface area contributed by atoms with E-state index in [9.17, 15) is 4.79 Å². The highest BCUT2D eigenvalue weighted by molar-refractivity contribution is 9.10. The van der Waals surface area contributed by atoms with Gasteiger partial charge in [0, 0.05) is 22.9 Å². The molecule has 1 aromatic carbocycles. The van der Waals surface area contributed by atoms with Crippen molar-refractivity contribution < 1.29 is 9.53 Å². The Morgan fingerprint density at radius 2 is 2.06 bits per heavy atom. The molecule has 0 aliphatic carbocycles. The molecule has 0 radical (unpaired) electrons. The normalized spacial score (nSPS) is 10.4. The number of carbonyl (C=O) groups excluding carboxylic acids is 1. The Hall–Kier alpha value is -0.830. The highest BCUT2D eigenvalue weighted by atomic mass is 79.9. The molecule has 0 atom stereocenters. The maximum atomic E-state index is 11.9. The Bertz CT molecular complexity index is 388. The Morgan fingerprint density at radius 1 is 1.28 bits per heavy atom. The van der Waals surface area contributed by atoms with Crippen molar-refractivity contribution in [1.82, 2.24) is 0 Å². The van der Waals surface area contributed by atoms with Crippen molar-refractivity contribution >= 4 is 21.7 Å². The van der Waals surface area contributed by atoms with Gasteiger partial charge in [-0.25, -0.2) is 0 Å². The molecular formula is C15H21BrO2. The molecule has 1 rings (SSSR count). The van der Waals surface area contributed by atoms with Gasteiger partial charge in [0.15, 0.2) is 0 Å². The zero-order valence-electron chi connectivity index (χ0n) is 11.2. The average Bonchev–Trinajstić information content (AvgIpc) is 2.35. The lowest BCUT2D eigenvalue weighted by atomic mass is 10.0. The number of benzene rings is 1. The maximum Gasteiger partial charge on any atom is 0.137 e. The zero-order chi connectivity index (χ0) is 13.4. The van der Waals surface area contributed by atoms with Crippen molar-refractivity contribution in [2.75, 3.05) is 7.11 Å². The summed E-state index contributed by atoms with van der Waals surface area (Å²) in [4.78, 5) is 11.9. The van der Waals surface area contributed by atoms with Gasteiger partial charge in [-0.15, -0.1) is 0 Å². The number of carbonyl (C=O) groups is 1. The van der Waals surface area contributed by atoms with Crippen LogP contribution in [0.3, 0.4) is 0 Å². The summed E-state index contributed by atoms with van der Waals surface area (Å²) in [5.74, 6) is 1.09. The van der Waals surface area contributed by atoms with Gasteiger partial charge in [0.05, 0.1) is 7.11 Å². The molecule has 100 valence electrons. The summed E-state index contributed by atoms with van der Waals surface area (Å²) in [6, 6.07) is 5.78. The number of rotatable bonds is 8. The van der Waals surface area contributed by atoms with Gasteiger partial charge in [-0.3, -0.25) is 4.79 Å². The van der Waals surface area contributed by atoms with Crippen molar-refractivity contribution in [1.29, 1.82) is 0 Å². The predicted molar refractivity (Wildman–Crippen MR) is 78.2 cm³/mol. The topological polar surface area (TPSA) is 26.3 Å². The molecule has 1 aromatic rings. The fourth-order valence-electron chi connectivity index (χ4n) is 1.94. The second-order valence-electron chi connectivity index (χ2n) is 4.48. The lowest BCUT2D eigenvalue weighted by Crippen LogP contribution is -2.04. The van der Waals surface area contributed by atoms with Crippen LogP contribution in [0.2, 0.25) is 0 Å². The molecule has 0 fully saturated rings. The molecular weight excluding hydrogens is 292 g/mol. The molecule has 0 spiro atoms. The van der Waals surface area contributed by atoms with Crippen LogP contribution >= 0.6 is 15.9 Å². The number of ether oxygens (including phenoxy) is 1. The molecule has 0 bridgehead atoms. The van der Waals surface area contributed by atoms with E-state index in [0.717, 1.165) is 28.6 Å². The number of ketones is 1. The molecule has 0 aliphatic rings. The third kappa shape index (κ3) is 5.21. The van der Waals surface area contributed by atoms with Crippen LogP contribution in [0.25, 0.3) is 0 Å². The maximum absolute atomic E-state index is 11.9. The minimum Gasteiger partial charge on any atom is -0.496 e. The fourth-order valence-corrected chi connectivity index (χ4v) is 2.34. The molecule has 0 N–H and O–H groups in total. The first-order chi connectivity index (χ1) is 8.67. The summed E-state index contributed by atoms with van der Waals surface area (Å²) < 4.78 is 6.25. The first kappa shape index (κ1) is 15.2. The second kappa shape index (κ2) is 8.30. The Labute approximate surface area is 118 Å². The Kier molecular flexibility index (Phi) is 7.02. The minimum absolute atomic E-state index is 0.294. The molecule has 0 unspecified atom stereocenters. The first-order valence-corrected chi connectivity index (χ1v) is 7.30. The van der Waals surface area contributed by atoms with E-state index in [1.165, 1.54) is 12.8 Å². The molecule has 0 saturated heterocycles. The van der Waals surface area contributed by atoms with Gasteiger partial charge >= 0.3 is 0 Å². The van der Waals surface area contributed by atoms with Crippen LogP contribution in [-0.2, 0) is 11.2 Å². The van der Waals surface area contributed by atoms with Crippen LogP contribution in [0.5, 0.6) is 5.75 Å². The molecule has 0 heterocycles. The standard InChI is InChI=1S/C15H21BrO2/c1-3-4-5-6-7-14(17)11-12-10-13(16)8-9-15(12)18-2/h8-10H,3-7,11H2,1-2H3. The summed E-state index contributed by atoms with van der Waals surface area (Å²) in [6.45, 7) is 2.17. The SMILES string of the molecule is CCCCCCC(=O)Cc1cc(Br)ccc1OC. The van der Waals surface area contributed by atoms with Crippen molar-refractivity contribution in [3.8, 4) is 5.75 Å². The van der Waals surface area contributed by atoms with E-state index in [0.29, 0.717) is 18.6 Å². The largest absolute Gasteiger partial charge is 0.496 e. The molecule has 0 aromatic heterocycles. The van der Waals surface area contributed by atoms with Crippen molar-refractivity contribution in [2.24, 2.45) is 0 Å². The first-order valence-electron chi connectivity index (χ1n) is 6.51.